The van der Waals surface area contributed by atoms with Crippen LogP contribution in [0.25, 0.3) is 0 Å². The van der Waals surface area contributed by atoms with Gasteiger partial charge in [0, 0.05) is 25.2 Å². The zero-order valence-electron chi connectivity index (χ0n) is 11.8. The Balaban J connectivity index is 1.86. The quantitative estimate of drug-likeness (QED) is 0.799. The number of ether oxygens (including phenoxy) is 1. The third-order valence-electron chi connectivity index (χ3n) is 3.49. The van der Waals surface area contributed by atoms with Crippen molar-refractivity contribution in [1.29, 1.82) is 0 Å². The molecule has 1 saturated heterocycles. The molecule has 110 valence electrons. The predicted octanol–water partition coefficient (Wildman–Crippen LogP) is 0.810. The van der Waals surface area contributed by atoms with E-state index in [0.717, 1.165) is 11.3 Å². The summed E-state index contributed by atoms with van der Waals surface area (Å²) in [7, 11) is 0. The zero-order chi connectivity index (χ0) is 14.5. The van der Waals surface area contributed by atoms with Crippen LogP contribution in [0.3, 0.4) is 0 Å². The van der Waals surface area contributed by atoms with Gasteiger partial charge >= 0.3 is 0 Å². The minimum atomic E-state index is -0.265. The van der Waals surface area contributed by atoms with Crippen molar-refractivity contribution in [3.05, 3.63) is 29.8 Å². The lowest BCUT2D eigenvalue weighted by Gasteiger charge is -2.36. The van der Waals surface area contributed by atoms with Crippen molar-refractivity contribution in [3.63, 3.8) is 0 Å². The van der Waals surface area contributed by atoms with E-state index in [0.29, 0.717) is 25.9 Å². The van der Waals surface area contributed by atoms with Gasteiger partial charge in [0.05, 0.1) is 18.8 Å². The number of morpholine rings is 1. The highest BCUT2D eigenvalue weighted by Gasteiger charge is 2.27. The number of carbonyl (C=O) groups excluding carboxylic acids is 1. The van der Waals surface area contributed by atoms with E-state index in [9.17, 15) is 4.79 Å². The molecule has 1 heterocycles. The number of nitrogens with two attached hydrogens (primary N) is 1. The summed E-state index contributed by atoms with van der Waals surface area (Å²) in [6.07, 6.45) is 0.879. The third-order valence-corrected chi connectivity index (χ3v) is 3.49. The van der Waals surface area contributed by atoms with Gasteiger partial charge in [0.15, 0.2) is 0 Å². The fraction of sp³-hybridized carbons (Fsp3) is 0.533. The summed E-state index contributed by atoms with van der Waals surface area (Å²) in [5.41, 5.74) is 7.47. The highest BCUT2D eigenvalue weighted by atomic mass is 16.5. The van der Waals surface area contributed by atoms with Crippen LogP contribution < -0.4 is 5.73 Å². The van der Waals surface area contributed by atoms with Crippen LogP contribution in [0.15, 0.2) is 24.3 Å². The molecule has 0 saturated carbocycles. The summed E-state index contributed by atoms with van der Waals surface area (Å²) in [4.78, 5) is 14.0. The number of benzene rings is 1. The number of amides is 1. The second-order valence-electron chi connectivity index (χ2n) is 5.29. The Morgan fingerprint density at radius 3 is 2.75 bits per heavy atom. The number of nitrogens with zero attached hydrogens (tertiary/aromatic N) is 1. The van der Waals surface area contributed by atoms with Crippen LogP contribution in [0.2, 0.25) is 0 Å². The second kappa shape index (κ2) is 6.72. The standard InChI is InChI=1S/C15H22N2O3/c1-11-8-17(9-14(10-18)20-11)15(19)7-4-12-2-5-13(16)6-3-12/h2-3,5-6,11,14,18H,4,7-10,16H2,1H3. The molecular weight excluding hydrogens is 256 g/mol. The van der Waals surface area contributed by atoms with Gasteiger partial charge in [-0.3, -0.25) is 4.79 Å². The number of hydrogen-bond acceptors (Lipinski definition) is 4. The number of rotatable bonds is 4. The Morgan fingerprint density at radius 1 is 1.40 bits per heavy atom. The third kappa shape index (κ3) is 3.95. The summed E-state index contributed by atoms with van der Waals surface area (Å²) in [6, 6.07) is 7.58. The van der Waals surface area contributed by atoms with E-state index < -0.39 is 0 Å². The summed E-state index contributed by atoms with van der Waals surface area (Å²) in [5.74, 6) is 0.107. The molecule has 5 nitrogen and oxygen atoms in total. The van der Waals surface area contributed by atoms with Crippen LogP contribution in [0.5, 0.6) is 0 Å². The van der Waals surface area contributed by atoms with Crippen LogP contribution in [0.4, 0.5) is 5.69 Å². The molecule has 1 aliphatic rings. The lowest BCUT2D eigenvalue weighted by molar-refractivity contribution is -0.147. The largest absolute Gasteiger partial charge is 0.399 e. The Morgan fingerprint density at radius 2 is 2.10 bits per heavy atom. The summed E-state index contributed by atoms with van der Waals surface area (Å²) >= 11 is 0. The van der Waals surface area contributed by atoms with Crippen molar-refractivity contribution in [1.82, 2.24) is 4.90 Å². The van der Waals surface area contributed by atoms with E-state index in [-0.39, 0.29) is 24.7 Å². The molecule has 1 amide bonds. The van der Waals surface area contributed by atoms with Crippen LogP contribution in [-0.4, -0.2) is 47.8 Å². The Hall–Kier alpha value is -1.59. The van der Waals surface area contributed by atoms with Crippen molar-refractivity contribution < 1.29 is 14.6 Å². The van der Waals surface area contributed by atoms with Gasteiger partial charge < -0.3 is 20.5 Å². The molecule has 1 fully saturated rings. The van der Waals surface area contributed by atoms with Gasteiger partial charge in [0.25, 0.3) is 0 Å². The lowest BCUT2D eigenvalue weighted by atomic mass is 10.1. The Kier molecular flexibility index (Phi) is 4.98. The van der Waals surface area contributed by atoms with E-state index >= 15 is 0 Å². The number of aliphatic hydroxyl groups is 1. The molecule has 0 aliphatic carbocycles. The molecule has 1 aromatic rings. The Labute approximate surface area is 119 Å². The average Bonchev–Trinajstić information content (AvgIpc) is 2.45. The van der Waals surface area contributed by atoms with Crippen molar-refractivity contribution in [2.45, 2.75) is 32.0 Å². The van der Waals surface area contributed by atoms with Crippen LogP contribution in [-0.2, 0) is 16.0 Å². The predicted molar refractivity (Wildman–Crippen MR) is 77.2 cm³/mol. The number of carbonyl (C=O) groups is 1. The molecule has 3 N–H and O–H groups in total. The Bertz CT molecular complexity index is 447. The van der Waals surface area contributed by atoms with E-state index in [4.69, 9.17) is 15.6 Å². The SMILES string of the molecule is CC1CN(C(=O)CCc2ccc(N)cc2)CC(CO)O1. The first kappa shape index (κ1) is 14.8. The van der Waals surface area contributed by atoms with E-state index in [1.807, 2.05) is 31.2 Å². The average molecular weight is 278 g/mol. The van der Waals surface area contributed by atoms with Gasteiger partial charge in [-0.25, -0.2) is 0 Å². The number of nitrogen functional groups attached to an aromatic ring is 1. The zero-order valence-corrected chi connectivity index (χ0v) is 11.8. The first-order chi connectivity index (χ1) is 9.58. The van der Waals surface area contributed by atoms with E-state index in [2.05, 4.69) is 0 Å². The lowest BCUT2D eigenvalue weighted by Crippen LogP contribution is -2.50. The molecule has 20 heavy (non-hydrogen) atoms. The number of anilines is 1. The monoisotopic (exact) mass is 278 g/mol. The molecular formula is C15H22N2O3. The number of hydrogen-bond donors (Lipinski definition) is 2. The molecule has 0 radical (unpaired) electrons. The highest BCUT2D eigenvalue weighted by molar-refractivity contribution is 5.76. The van der Waals surface area contributed by atoms with Crippen molar-refractivity contribution >= 4 is 11.6 Å². The maximum absolute atomic E-state index is 12.2. The van der Waals surface area contributed by atoms with Crippen LogP contribution >= 0.6 is 0 Å². The number of aliphatic hydroxyl groups excluding tert-OH is 1. The van der Waals surface area contributed by atoms with Crippen molar-refractivity contribution in [2.75, 3.05) is 25.4 Å². The molecule has 1 aliphatic heterocycles. The first-order valence-electron chi connectivity index (χ1n) is 6.97. The summed E-state index contributed by atoms with van der Waals surface area (Å²) in [5, 5.41) is 9.17. The van der Waals surface area contributed by atoms with Gasteiger partial charge in [-0.05, 0) is 31.0 Å². The molecule has 0 bridgehead atoms. The van der Waals surface area contributed by atoms with Crippen molar-refractivity contribution in [3.8, 4) is 0 Å². The topological polar surface area (TPSA) is 75.8 Å². The van der Waals surface area contributed by atoms with Crippen LogP contribution in [0.1, 0.15) is 18.9 Å². The molecule has 0 aromatic heterocycles. The molecule has 2 rings (SSSR count). The highest BCUT2D eigenvalue weighted by Crippen LogP contribution is 2.14. The molecule has 5 heteroatoms. The summed E-state index contributed by atoms with van der Waals surface area (Å²) in [6.45, 7) is 2.94. The normalized spacial score (nSPS) is 22.8. The fourth-order valence-electron chi connectivity index (χ4n) is 2.44. The minimum Gasteiger partial charge on any atom is -0.399 e. The molecule has 1 aromatic carbocycles. The van der Waals surface area contributed by atoms with E-state index in [1.165, 1.54) is 0 Å². The smallest absolute Gasteiger partial charge is 0.223 e. The summed E-state index contributed by atoms with van der Waals surface area (Å²) < 4.78 is 5.53. The molecule has 0 spiro atoms. The van der Waals surface area contributed by atoms with Gasteiger partial charge in [-0.2, -0.15) is 0 Å². The van der Waals surface area contributed by atoms with Crippen molar-refractivity contribution in [2.24, 2.45) is 0 Å². The maximum atomic E-state index is 12.2. The van der Waals surface area contributed by atoms with E-state index in [1.54, 1.807) is 4.90 Å². The van der Waals surface area contributed by atoms with Gasteiger partial charge in [0.2, 0.25) is 5.91 Å². The molecule has 2 unspecified atom stereocenters. The van der Waals surface area contributed by atoms with Gasteiger partial charge in [0.1, 0.15) is 0 Å². The van der Waals surface area contributed by atoms with Gasteiger partial charge in [-0.15, -0.1) is 0 Å². The van der Waals surface area contributed by atoms with Crippen LogP contribution in [0, 0.1) is 0 Å². The van der Waals surface area contributed by atoms with Gasteiger partial charge in [-0.1, -0.05) is 12.1 Å². The first-order valence-corrected chi connectivity index (χ1v) is 6.97. The number of aryl methyl sites for hydroxylation is 1. The minimum absolute atomic E-state index is 0.0265. The second-order valence-corrected chi connectivity index (χ2v) is 5.29. The fourth-order valence-corrected chi connectivity index (χ4v) is 2.44. The molecule has 2 atom stereocenters. The maximum Gasteiger partial charge on any atom is 0.223 e.